The summed E-state index contributed by atoms with van der Waals surface area (Å²) in [5.74, 6) is -0.685. The van der Waals surface area contributed by atoms with Crippen LogP contribution in [0.5, 0.6) is 5.75 Å². The summed E-state index contributed by atoms with van der Waals surface area (Å²) in [5, 5.41) is 20.1. The molecule has 1 aromatic heterocycles. The van der Waals surface area contributed by atoms with Crippen molar-refractivity contribution < 1.29 is 37.5 Å². The summed E-state index contributed by atoms with van der Waals surface area (Å²) in [7, 11) is -3.55. The molecule has 0 bridgehead atoms. The fraction of sp³-hybridized carbons (Fsp3) is 0.273. The Morgan fingerprint density at radius 2 is 1.82 bits per heavy atom. The van der Waals surface area contributed by atoms with Gasteiger partial charge in [-0.15, -0.1) is 0 Å². The molecule has 2 aromatic carbocycles. The van der Waals surface area contributed by atoms with Crippen LogP contribution in [-0.4, -0.2) is 55.4 Å². The van der Waals surface area contributed by atoms with Crippen molar-refractivity contribution >= 4 is 43.7 Å². The number of nitrogens with one attached hydrogen (secondary N) is 2. The van der Waals surface area contributed by atoms with E-state index in [1.165, 1.54) is 5.48 Å². The molecule has 0 saturated carbocycles. The van der Waals surface area contributed by atoms with E-state index in [0.717, 1.165) is 11.8 Å². The average Bonchev–Trinajstić information content (AvgIpc) is 3.19. The third-order valence-corrected chi connectivity index (χ3v) is 7.09. The van der Waals surface area contributed by atoms with Crippen molar-refractivity contribution in [3.63, 3.8) is 0 Å². The highest BCUT2D eigenvalue weighted by Crippen LogP contribution is 2.28. The lowest BCUT2D eigenvalue weighted by molar-refractivity contribution is 0.0920. The number of hydrogen-bond acceptors (Lipinski definition) is 9. The molecule has 12 heteroatoms. The smallest absolute Gasteiger partial charge is 0.307 e. The predicted octanol–water partition coefficient (Wildman–Crippen LogP) is 2.73. The number of amides is 2. The number of hydroxylamine groups is 1. The van der Waals surface area contributed by atoms with Crippen LogP contribution in [0.2, 0.25) is 0 Å². The van der Waals surface area contributed by atoms with Gasteiger partial charge in [0.05, 0.1) is 18.1 Å². The number of benzene rings is 2. The lowest BCUT2D eigenvalue weighted by Crippen LogP contribution is -2.28. The molecule has 34 heavy (non-hydrogen) atoms. The van der Waals surface area contributed by atoms with E-state index in [0.29, 0.717) is 21.6 Å². The second kappa shape index (κ2) is 11.9. The minimum absolute atomic E-state index is 0.0719. The molecular formula is C22H24N2O8S2. The summed E-state index contributed by atoms with van der Waals surface area (Å²) >= 11 is 0.815. The summed E-state index contributed by atoms with van der Waals surface area (Å²) in [6, 6.07) is 13.4. The minimum atomic E-state index is -3.55. The van der Waals surface area contributed by atoms with Crippen LogP contribution in [-0.2, 0) is 15.6 Å². The Labute approximate surface area is 200 Å². The summed E-state index contributed by atoms with van der Waals surface area (Å²) in [4.78, 5) is 24.5. The van der Waals surface area contributed by atoms with Crippen LogP contribution in [0.4, 0.5) is 4.79 Å². The van der Waals surface area contributed by atoms with Gasteiger partial charge in [-0.05, 0) is 48.5 Å². The molecule has 0 spiro atoms. The van der Waals surface area contributed by atoms with Gasteiger partial charge in [0.1, 0.15) is 17.9 Å². The van der Waals surface area contributed by atoms with E-state index in [9.17, 15) is 18.0 Å². The Kier molecular flexibility index (Phi) is 8.93. The van der Waals surface area contributed by atoms with Gasteiger partial charge in [-0.2, -0.15) is 0 Å². The number of rotatable bonds is 11. The van der Waals surface area contributed by atoms with E-state index in [1.54, 1.807) is 48.5 Å². The van der Waals surface area contributed by atoms with Crippen molar-refractivity contribution in [2.75, 3.05) is 25.5 Å². The zero-order chi connectivity index (χ0) is 24.6. The number of thioether (sulfide) groups is 1. The highest BCUT2D eigenvalue weighted by atomic mass is 32.2. The normalized spacial score (nSPS) is 11.4. The second-order valence-electron chi connectivity index (χ2n) is 7.15. The summed E-state index contributed by atoms with van der Waals surface area (Å²) in [6.45, 7) is 0.0357. The molecule has 0 fully saturated rings. The summed E-state index contributed by atoms with van der Waals surface area (Å²) in [5.41, 5.74) is 2.22. The van der Waals surface area contributed by atoms with E-state index < -0.39 is 21.0 Å². The molecule has 3 aromatic rings. The predicted molar refractivity (Wildman–Crippen MR) is 126 cm³/mol. The first-order valence-corrected chi connectivity index (χ1v) is 12.9. The van der Waals surface area contributed by atoms with Gasteiger partial charge in [0.2, 0.25) is 0 Å². The Balaban J connectivity index is 1.62. The highest BCUT2D eigenvalue weighted by Gasteiger charge is 2.24. The number of carbonyl (C=O) groups excluding carboxylic acids is 2. The van der Waals surface area contributed by atoms with Crippen molar-refractivity contribution in [1.29, 1.82) is 0 Å². The fourth-order valence-corrected chi connectivity index (χ4v) is 5.12. The number of furan rings is 1. The maximum atomic E-state index is 12.8. The standard InChI is InChI=1S/C22H24N2O8S2/c25-11-3-13-34(29,30)14-18-17-4-1-2-5-19(17)32-20(18)21(26)23-10-12-31-15-6-8-16(9-7-15)33-22(27)24-28/h1-2,4-9,25,28H,3,10-14H2,(H,23,26)(H,24,27). The lowest BCUT2D eigenvalue weighted by Gasteiger charge is -2.09. The first-order valence-electron chi connectivity index (χ1n) is 10.3. The number of carbonyl (C=O) groups is 2. The van der Waals surface area contributed by atoms with Gasteiger partial charge >= 0.3 is 5.24 Å². The summed E-state index contributed by atoms with van der Waals surface area (Å²) < 4.78 is 36.1. The molecule has 0 aliphatic heterocycles. The first kappa shape index (κ1) is 25.6. The lowest BCUT2D eigenvalue weighted by atomic mass is 10.1. The Morgan fingerprint density at radius 1 is 1.09 bits per heavy atom. The number of sulfone groups is 1. The minimum Gasteiger partial charge on any atom is -0.492 e. The molecule has 0 radical (unpaired) electrons. The van der Waals surface area contributed by atoms with Crippen LogP contribution in [0.25, 0.3) is 11.0 Å². The number of aliphatic hydroxyl groups excluding tert-OH is 1. The molecule has 182 valence electrons. The van der Waals surface area contributed by atoms with E-state index >= 15 is 0 Å². The van der Waals surface area contributed by atoms with Gasteiger partial charge in [-0.1, -0.05) is 18.2 Å². The van der Waals surface area contributed by atoms with Crippen LogP contribution >= 0.6 is 11.8 Å². The van der Waals surface area contributed by atoms with Crippen molar-refractivity contribution in [3.05, 3.63) is 59.9 Å². The molecule has 0 atom stereocenters. The first-order chi connectivity index (χ1) is 16.3. The van der Waals surface area contributed by atoms with Gasteiger partial charge in [-0.25, -0.2) is 13.9 Å². The van der Waals surface area contributed by atoms with E-state index in [1.807, 2.05) is 0 Å². The zero-order valence-corrected chi connectivity index (χ0v) is 19.7. The fourth-order valence-electron chi connectivity index (χ4n) is 3.15. The van der Waals surface area contributed by atoms with Crippen LogP contribution in [0.1, 0.15) is 22.5 Å². The van der Waals surface area contributed by atoms with Crippen LogP contribution in [0.15, 0.2) is 57.8 Å². The number of para-hydroxylation sites is 1. The van der Waals surface area contributed by atoms with E-state index in [2.05, 4.69) is 5.32 Å². The van der Waals surface area contributed by atoms with Crippen LogP contribution < -0.4 is 15.5 Å². The molecule has 0 unspecified atom stereocenters. The monoisotopic (exact) mass is 508 g/mol. The molecule has 10 nitrogen and oxygen atoms in total. The number of hydrogen-bond donors (Lipinski definition) is 4. The molecular weight excluding hydrogens is 484 g/mol. The third kappa shape index (κ3) is 6.97. The maximum Gasteiger partial charge on any atom is 0.307 e. The Hall–Kier alpha value is -3.06. The quantitative estimate of drug-likeness (QED) is 0.132. The van der Waals surface area contributed by atoms with Crippen LogP contribution in [0, 0.1) is 0 Å². The molecule has 0 aliphatic rings. The summed E-state index contributed by atoms with van der Waals surface area (Å²) in [6.07, 6.45) is 0.116. The Bertz CT molecular complexity index is 1240. The number of fused-ring (bicyclic) bond motifs is 1. The molecule has 1 heterocycles. The topological polar surface area (TPSA) is 155 Å². The zero-order valence-electron chi connectivity index (χ0n) is 18.0. The molecule has 0 aliphatic carbocycles. The van der Waals surface area contributed by atoms with Crippen molar-refractivity contribution in [1.82, 2.24) is 10.8 Å². The molecule has 4 N–H and O–H groups in total. The third-order valence-electron chi connectivity index (χ3n) is 4.66. The molecule has 2 amide bonds. The van der Waals surface area contributed by atoms with Crippen molar-refractivity contribution in [3.8, 4) is 5.75 Å². The second-order valence-corrected chi connectivity index (χ2v) is 10.4. The Morgan fingerprint density at radius 3 is 2.53 bits per heavy atom. The highest BCUT2D eigenvalue weighted by molar-refractivity contribution is 8.13. The molecule has 3 rings (SSSR count). The van der Waals surface area contributed by atoms with Gasteiger partial charge < -0.3 is 19.6 Å². The SMILES string of the molecule is O=C(NO)Sc1ccc(OCCNC(=O)c2oc3ccccc3c2CS(=O)(=O)CCCO)cc1. The van der Waals surface area contributed by atoms with Crippen molar-refractivity contribution in [2.24, 2.45) is 0 Å². The maximum absolute atomic E-state index is 12.8. The van der Waals surface area contributed by atoms with Gasteiger partial charge in [0, 0.05) is 22.5 Å². The van der Waals surface area contributed by atoms with Crippen LogP contribution in [0.3, 0.4) is 0 Å². The van der Waals surface area contributed by atoms with Crippen molar-refractivity contribution in [2.45, 2.75) is 17.1 Å². The van der Waals surface area contributed by atoms with Gasteiger partial charge in [0.25, 0.3) is 5.91 Å². The number of aliphatic hydroxyl groups is 1. The van der Waals surface area contributed by atoms with E-state index in [4.69, 9.17) is 19.5 Å². The number of ether oxygens (including phenoxy) is 1. The largest absolute Gasteiger partial charge is 0.492 e. The van der Waals surface area contributed by atoms with Gasteiger partial charge in [0.15, 0.2) is 15.6 Å². The van der Waals surface area contributed by atoms with Gasteiger partial charge in [-0.3, -0.25) is 14.8 Å². The molecule has 0 saturated heterocycles. The van der Waals surface area contributed by atoms with E-state index in [-0.39, 0.29) is 49.0 Å². The average molecular weight is 509 g/mol.